The molecule has 0 aliphatic carbocycles. The van der Waals surface area contributed by atoms with Crippen molar-refractivity contribution in [3.8, 4) is 27.8 Å². The zero-order valence-corrected chi connectivity index (χ0v) is 20.6. The number of hydrogen-bond donors (Lipinski definition) is 0. The van der Waals surface area contributed by atoms with Gasteiger partial charge in [0, 0.05) is 23.2 Å². The number of hydrogen-bond acceptors (Lipinski definition) is 8. The van der Waals surface area contributed by atoms with Gasteiger partial charge in [0.2, 0.25) is 6.79 Å². The summed E-state index contributed by atoms with van der Waals surface area (Å²) in [6, 6.07) is 13.9. The Morgan fingerprint density at radius 3 is 2.82 bits per heavy atom. The Kier molecular flexibility index (Phi) is 6.55. The van der Waals surface area contributed by atoms with E-state index in [2.05, 4.69) is 29.1 Å². The van der Waals surface area contributed by atoms with E-state index in [1.165, 1.54) is 5.56 Å². The molecule has 0 unspecified atom stereocenters. The lowest BCUT2D eigenvalue weighted by Gasteiger charge is -2.15. The maximum absolute atomic E-state index is 6.11. The van der Waals surface area contributed by atoms with Crippen LogP contribution in [0.4, 0.5) is 0 Å². The van der Waals surface area contributed by atoms with Crippen molar-refractivity contribution in [2.45, 2.75) is 37.4 Å². The first-order valence-electron chi connectivity index (χ1n) is 10.9. The molecular weight excluding hydrogens is 468 g/mol. The molecule has 0 radical (unpaired) electrons. The van der Waals surface area contributed by atoms with Gasteiger partial charge in [-0.2, -0.15) is 0 Å². The van der Waals surface area contributed by atoms with Gasteiger partial charge in [-0.3, -0.25) is 4.57 Å². The normalized spacial score (nSPS) is 13.1. The number of thioether (sulfide) groups is 1. The number of aromatic nitrogens is 4. The van der Waals surface area contributed by atoms with Crippen molar-refractivity contribution >= 4 is 23.1 Å². The van der Waals surface area contributed by atoms with Gasteiger partial charge in [0.1, 0.15) is 10.8 Å². The first-order chi connectivity index (χ1) is 16.6. The van der Waals surface area contributed by atoms with Crippen molar-refractivity contribution in [1.29, 1.82) is 0 Å². The van der Waals surface area contributed by atoms with Crippen LogP contribution in [0, 0.1) is 6.92 Å². The fourth-order valence-corrected chi connectivity index (χ4v) is 5.33. The lowest BCUT2D eigenvalue weighted by Crippen LogP contribution is -2.12. The molecule has 0 spiro atoms. The summed E-state index contributed by atoms with van der Waals surface area (Å²) in [7, 11) is 0. The van der Waals surface area contributed by atoms with E-state index in [-0.39, 0.29) is 12.9 Å². The second kappa shape index (κ2) is 9.90. The molecule has 5 rings (SSSR count). The number of aryl methyl sites for hydroxylation is 1. The molecule has 1 aliphatic heterocycles. The molecule has 1 atom stereocenters. The third kappa shape index (κ3) is 4.80. The topological polar surface area (TPSA) is 71.3 Å². The Bertz CT molecular complexity index is 1300. The molecule has 0 saturated carbocycles. The summed E-state index contributed by atoms with van der Waals surface area (Å²) in [5.41, 5.74) is 3.20. The number of benzene rings is 2. The summed E-state index contributed by atoms with van der Waals surface area (Å²) >= 11 is 3.21. The third-order valence-electron chi connectivity index (χ3n) is 5.27. The smallest absolute Gasteiger partial charge is 0.231 e. The zero-order valence-electron chi connectivity index (χ0n) is 18.9. The zero-order chi connectivity index (χ0) is 23.5. The molecular formula is C25H24N4O3S2. The molecule has 0 N–H and O–H groups in total. The molecule has 0 amide bonds. The first-order valence-corrected chi connectivity index (χ1v) is 12.7. The Morgan fingerprint density at radius 2 is 2.00 bits per heavy atom. The minimum absolute atomic E-state index is 0.249. The Labute approximate surface area is 206 Å². The summed E-state index contributed by atoms with van der Waals surface area (Å²) in [5.74, 6) is 3.79. The second-order valence-electron chi connectivity index (χ2n) is 7.81. The van der Waals surface area contributed by atoms with Crippen LogP contribution < -0.4 is 14.2 Å². The summed E-state index contributed by atoms with van der Waals surface area (Å²) in [6.07, 6.45) is 1.59. The van der Waals surface area contributed by atoms with Crippen LogP contribution in [0.15, 0.2) is 65.7 Å². The second-order valence-corrected chi connectivity index (χ2v) is 9.61. The van der Waals surface area contributed by atoms with Crippen LogP contribution in [0.25, 0.3) is 10.6 Å². The first kappa shape index (κ1) is 22.5. The quantitative estimate of drug-likeness (QED) is 0.208. The van der Waals surface area contributed by atoms with Gasteiger partial charge in [-0.15, -0.1) is 28.1 Å². The highest BCUT2D eigenvalue weighted by atomic mass is 32.2. The van der Waals surface area contributed by atoms with E-state index in [0.717, 1.165) is 44.5 Å². The fourth-order valence-electron chi connectivity index (χ4n) is 3.56. The Hall–Kier alpha value is -3.30. The van der Waals surface area contributed by atoms with Crippen molar-refractivity contribution in [3.05, 3.63) is 77.6 Å². The average Bonchev–Trinajstić information content (AvgIpc) is 3.59. The lowest BCUT2D eigenvalue weighted by atomic mass is 10.2. The summed E-state index contributed by atoms with van der Waals surface area (Å²) in [6.45, 7) is 8.80. The van der Waals surface area contributed by atoms with Crippen molar-refractivity contribution < 1.29 is 14.2 Å². The fraction of sp³-hybridized carbons (Fsp3) is 0.240. The molecule has 4 aromatic rings. The van der Waals surface area contributed by atoms with E-state index in [1.807, 2.05) is 60.0 Å². The van der Waals surface area contributed by atoms with E-state index in [4.69, 9.17) is 19.2 Å². The van der Waals surface area contributed by atoms with Crippen LogP contribution in [-0.4, -0.2) is 26.5 Å². The van der Waals surface area contributed by atoms with Crippen LogP contribution in [-0.2, 0) is 12.3 Å². The van der Waals surface area contributed by atoms with E-state index in [9.17, 15) is 0 Å². The standard InChI is InChI=1S/C25H24N4O3S2/c1-4-11-29-23(17(3)32-20-8-5-16(2)6-9-20)27-28-25(29)34-14-19-13-33-24(26-19)18-7-10-21-22(12-18)31-15-30-21/h4-10,12-13,17H,1,11,14-15H2,2-3H3/t17-/m1/s1. The molecule has 34 heavy (non-hydrogen) atoms. The monoisotopic (exact) mass is 492 g/mol. The highest BCUT2D eigenvalue weighted by Gasteiger charge is 2.20. The van der Waals surface area contributed by atoms with Crippen molar-refractivity contribution in [2.75, 3.05) is 6.79 Å². The van der Waals surface area contributed by atoms with E-state index < -0.39 is 0 Å². The molecule has 2 aromatic carbocycles. The highest BCUT2D eigenvalue weighted by molar-refractivity contribution is 7.98. The molecule has 0 fully saturated rings. The maximum atomic E-state index is 6.11. The molecule has 0 saturated heterocycles. The molecule has 2 aromatic heterocycles. The molecule has 174 valence electrons. The van der Waals surface area contributed by atoms with Gasteiger partial charge in [0.25, 0.3) is 0 Å². The van der Waals surface area contributed by atoms with Gasteiger partial charge in [0.15, 0.2) is 28.6 Å². The summed E-state index contributed by atoms with van der Waals surface area (Å²) in [5, 5.41) is 12.7. The Morgan fingerprint density at radius 1 is 1.18 bits per heavy atom. The van der Waals surface area contributed by atoms with Gasteiger partial charge in [-0.25, -0.2) is 4.98 Å². The predicted octanol–water partition coefficient (Wildman–Crippen LogP) is 6.06. The SMILES string of the molecule is C=CCn1c(SCc2csc(-c3ccc4c(c3)OCO4)n2)nnc1[C@@H](C)Oc1ccc(C)cc1. The van der Waals surface area contributed by atoms with Crippen molar-refractivity contribution in [1.82, 2.24) is 19.7 Å². The number of thiazole rings is 1. The number of fused-ring (bicyclic) bond motifs is 1. The van der Waals surface area contributed by atoms with E-state index in [0.29, 0.717) is 12.3 Å². The van der Waals surface area contributed by atoms with E-state index in [1.54, 1.807) is 23.1 Å². The number of nitrogens with zero attached hydrogens (tertiary/aromatic N) is 4. The van der Waals surface area contributed by atoms with Crippen LogP contribution in [0.3, 0.4) is 0 Å². The van der Waals surface area contributed by atoms with Crippen LogP contribution >= 0.6 is 23.1 Å². The molecule has 0 bridgehead atoms. The lowest BCUT2D eigenvalue weighted by molar-refractivity contribution is 0.174. The Balaban J connectivity index is 1.28. The average molecular weight is 493 g/mol. The maximum Gasteiger partial charge on any atom is 0.231 e. The van der Waals surface area contributed by atoms with Gasteiger partial charge in [-0.1, -0.05) is 35.5 Å². The number of rotatable bonds is 9. The van der Waals surface area contributed by atoms with Crippen LogP contribution in [0.1, 0.15) is 30.1 Å². The number of allylic oxidation sites excluding steroid dienone is 1. The number of ether oxygens (including phenoxy) is 3. The largest absolute Gasteiger partial charge is 0.483 e. The van der Waals surface area contributed by atoms with Crippen LogP contribution in [0.5, 0.6) is 17.2 Å². The van der Waals surface area contributed by atoms with Gasteiger partial charge in [-0.05, 0) is 44.2 Å². The molecule has 7 nitrogen and oxygen atoms in total. The summed E-state index contributed by atoms with van der Waals surface area (Å²) < 4.78 is 19.0. The molecule has 9 heteroatoms. The van der Waals surface area contributed by atoms with Gasteiger partial charge < -0.3 is 14.2 Å². The predicted molar refractivity (Wildman–Crippen MR) is 134 cm³/mol. The van der Waals surface area contributed by atoms with Crippen LogP contribution in [0.2, 0.25) is 0 Å². The van der Waals surface area contributed by atoms with Crippen molar-refractivity contribution in [3.63, 3.8) is 0 Å². The highest BCUT2D eigenvalue weighted by Crippen LogP contribution is 2.37. The minimum Gasteiger partial charge on any atom is -0.483 e. The summed E-state index contributed by atoms with van der Waals surface area (Å²) in [4.78, 5) is 4.80. The molecule has 1 aliphatic rings. The van der Waals surface area contributed by atoms with Gasteiger partial charge >= 0.3 is 0 Å². The van der Waals surface area contributed by atoms with Crippen molar-refractivity contribution in [2.24, 2.45) is 0 Å². The molecule has 3 heterocycles. The third-order valence-corrected chi connectivity index (χ3v) is 7.22. The van der Waals surface area contributed by atoms with Gasteiger partial charge in [0.05, 0.1) is 5.69 Å². The van der Waals surface area contributed by atoms with E-state index >= 15 is 0 Å². The minimum atomic E-state index is -0.249.